The van der Waals surface area contributed by atoms with E-state index in [9.17, 15) is 5.11 Å². The summed E-state index contributed by atoms with van der Waals surface area (Å²) in [6.45, 7) is 1.50. The van der Waals surface area contributed by atoms with Crippen LogP contribution in [-0.4, -0.2) is 54.2 Å². The Bertz CT molecular complexity index is 307. The molecule has 4 nitrogen and oxygen atoms in total. The highest BCUT2D eigenvalue weighted by atomic mass is 16.7. The van der Waals surface area contributed by atoms with Crippen molar-refractivity contribution >= 4 is 0 Å². The average Bonchev–Trinajstić information content (AvgIpc) is 2.79. The summed E-state index contributed by atoms with van der Waals surface area (Å²) in [6.07, 6.45) is 9.95. The van der Waals surface area contributed by atoms with Gasteiger partial charge in [-0.3, -0.25) is 4.90 Å². The van der Waals surface area contributed by atoms with Crippen LogP contribution in [0.15, 0.2) is 0 Å². The first-order valence-corrected chi connectivity index (χ1v) is 8.38. The summed E-state index contributed by atoms with van der Waals surface area (Å²) >= 11 is 0. The van der Waals surface area contributed by atoms with E-state index in [1.54, 1.807) is 0 Å². The smallest absolute Gasteiger partial charge is 0.168 e. The monoisotopic (exact) mass is 283 g/mol. The first-order chi connectivity index (χ1) is 9.70. The maximum Gasteiger partial charge on any atom is 0.168 e. The molecule has 3 aliphatic rings. The topological polar surface area (TPSA) is 41.9 Å². The van der Waals surface area contributed by atoms with Gasteiger partial charge >= 0.3 is 0 Å². The van der Waals surface area contributed by atoms with E-state index in [-0.39, 0.29) is 11.9 Å². The van der Waals surface area contributed by atoms with Gasteiger partial charge in [-0.1, -0.05) is 19.3 Å². The van der Waals surface area contributed by atoms with E-state index < -0.39 is 0 Å². The SMILES string of the molecule is CN(C1CCC2(CC1)OCCO2)C1CCCCCC1O. The number of hydrogen-bond donors (Lipinski definition) is 1. The van der Waals surface area contributed by atoms with Gasteiger partial charge in [0, 0.05) is 24.9 Å². The molecule has 1 N–H and O–H groups in total. The molecule has 2 saturated carbocycles. The van der Waals surface area contributed by atoms with Crippen LogP contribution in [0.5, 0.6) is 0 Å². The van der Waals surface area contributed by atoms with Gasteiger partial charge < -0.3 is 14.6 Å². The lowest BCUT2D eigenvalue weighted by atomic mass is 9.87. The minimum absolute atomic E-state index is 0.141. The fraction of sp³-hybridized carbons (Fsp3) is 1.00. The Kier molecular flexibility index (Phi) is 4.65. The summed E-state index contributed by atoms with van der Waals surface area (Å²) in [4.78, 5) is 2.46. The van der Waals surface area contributed by atoms with Crippen molar-refractivity contribution in [1.29, 1.82) is 0 Å². The molecule has 3 fully saturated rings. The Labute approximate surface area is 122 Å². The molecule has 2 unspecified atom stereocenters. The molecule has 2 atom stereocenters. The van der Waals surface area contributed by atoms with Gasteiger partial charge in [-0.2, -0.15) is 0 Å². The number of ether oxygens (including phenoxy) is 2. The number of likely N-dealkylation sites (N-methyl/N-ethyl adjacent to an activating group) is 1. The molecule has 0 bridgehead atoms. The fourth-order valence-corrected chi connectivity index (χ4v) is 4.25. The molecule has 4 heteroatoms. The molecule has 0 amide bonds. The molecule has 0 aromatic rings. The van der Waals surface area contributed by atoms with Crippen LogP contribution in [0.3, 0.4) is 0 Å². The van der Waals surface area contributed by atoms with Crippen molar-refractivity contribution in [2.24, 2.45) is 0 Å². The van der Waals surface area contributed by atoms with Crippen LogP contribution < -0.4 is 0 Å². The van der Waals surface area contributed by atoms with Crippen molar-refractivity contribution in [2.75, 3.05) is 20.3 Å². The molecule has 3 rings (SSSR count). The maximum absolute atomic E-state index is 10.4. The van der Waals surface area contributed by atoms with Crippen LogP contribution in [0, 0.1) is 0 Å². The quantitative estimate of drug-likeness (QED) is 0.790. The molecular formula is C16H29NO3. The number of aliphatic hydroxyl groups excluding tert-OH is 1. The van der Waals surface area contributed by atoms with Gasteiger partial charge in [0.15, 0.2) is 5.79 Å². The first kappa shape index (κ1) is 14.8. The highest BCUT2D eigenvalue weighted by Crippen LogP contribution is 2.38. The Morgan fingerprint density at radius 2 is 1.60 bits per heavy atom. The highest BCUT2D eigenvalue weighted by molar-refractivity contribution is 4.90. The molecule has 1 aliphatic heterocycles. The van der Waals surface area contributed by atoms with E-state index in [1.807, 2.05) is 0 Å². The standard InChI is InChI=1S/C16H29NO3/c1-17(14-5-3-2-4-6-15(14)18)13-7-9-16(10-8-13)19-11-12-20-16/h13-15,18H,2-12H2,1H3. The molecule has 1 saturated heterocycles. The number of nitrogens with zero attached hydrogens (tertiary/aromatic N) is 1. The van der Waals surface area contributed by atoms with Crippen molar-refractivity contribution in [3.8, 4) is 0 Å². The second kappa shape index (κ2) is 6.30. The number of hydrogen-bond acceptors (Lipinski definition) is 4. The van der Waals surface area contributed by atoms with Crippen molar-refractivity contribution in [2.45, 2.75) is 81.8 Å². The van der Waals surface area contributed by atoms with Gasteiger partial charge in [0.1, 0.15) is 0 Å². The van der Waals surface area contributed by atoms with Crippen LogP contribution in [-0.2, 0) is 9.47 Å². The summed E-state index contributed by atoms with van der Waals surface area (Å²) < 4.78 is 11.6. The molecular weight excluding hydrogens is 254 g/mol. The van der Waals surface area contributed by atoms with Crippen LogP contribution in [0.4, 0.5) is 0 Å². The number of aliphatic hydroxyl groups is 1. The molecule has 1 heterocycles. The third-order valence-corrected chi connectivity index (χ3v) is 5.57. The second-order valence-corrected chi connectivity index (χ2v) is 6.78. The summed E-state index contributed by atoms with van der Waals surface area (Å²) in [5.41, 5.74) is 0. The fourth-order valence-electron chi connectivity index (χ4n) is 4.25. The van der Waals surface area contributed by atoms with Gasteiger partial charge in [-0.05, 0) is 32.7 Å². The van der Waals surface area contributed by atoms with Crippen molar-refractivity contribution in [3.63, 3.8) is 0 Å². The Hall–Kier alpha value is -0.160. The van der Waals surface area contributed by atoms with E-state index in [0.29, 0.717) is 12.1 Å². The van der Waals surface area contributed by atoms with Crippen LogP contribution in [0.2, 0.25) is 0 Å². The molecule has 2 aliphatic carbocycles. The van der Waals surface area contributed by atoms with Crippen molar-refractivity contribution in [3.05, 3.63) is 0 Å². The van der Waals surface area contributed by atoms with Gasteiger partial charge in [-0.15, -0.1) is 0 Å². The van der Waals surface area contributed by atoms with Gasteiger partial charge in [-0.25, -0.2) is 0 Å². The van der Waals surface area contributed by atoms with Gasteiger partial charge in [0.2, 0.25) is 0 Å². The Balaban J connectivity index is 1.56. The summed E-state index contributed by atoms with van der Waals surface area (Å²) in [5, 5.41) is 10.4. The summed E-state index contributed by atoms with van der Waals surface area (Å²) in [5.74, 6) is -0.264. The second-order valence-electron chi connectivity index (χ2n) is 6.78. The van der Waals surface area contributed by atoms with Crippen molar-refractivity contribution < 1.29 is 14.6 Å². The lowest BCUT2D eigenvalue weighted by Gasteiger charge is -2.42. The van der Waals surface area contributed by atoms with E-state index in [0.717, 1.165) is 51.7 Å². The normalized spacial score (nSPS) is 35.5. The Morgan fingerprint density at radius 1 is 0.950 bits per heavy atom. The van der Waals surface area contributed by atoms with E-state index in [4.69, 9.17) is 9.47 Å². The summed E-state index contributed by atoms with van der Waals surface area (Å²) in [7, 11) is 2.21. The lowest BCUT2D eigenvalue weighted by Crippen LogP contribution is -2.49. The third-order valence-electron chi connectivity index (χ3n) is 5.57. The molecule has 1 spiro atoms. The van der Waals surface area contributed by atoms with Crippen LogP contribution in [0.25, 0.3) is 0 Å². The lowest BCUT2D eigenvalue weighted by molar-refractivity contribution is -0.185. The van der Waals surface area contributed by atoms with Crippen LogP contribution >= 0.6 is 0 Å². The zero-order valence-corrected chi connectivity index (χ0v) is 12.7. The predicted octanol–water partition coefficient (Wildman–Crippen LogP) is 2.30. The van der Waals surface area contributed by atoms with E-state index in [1.165, 1.54) is 19.3 Å². The van der Waals surface area contributed by atoms with Crippen molar-refractivity contribution in [1.82, 2.24) is 4.90 Å². The maximum atomic E-state index is 10.4. The molecule has 20 heavy (non-hydrogen) atoms. The third kappa shape index (κ3) is 3.03. The van der Waals surface area contributed by atoms with E-state index in [2.05, 4.69) is 11.9 Å². The molecule has 0 aromatic heterocycles. The number of rotatable bonds is 2. The van der Waals surface area contributed by atoms with E-state index >= 15 is 0 Å². The Morgan fingerprint density at radius 3 is 2.30 bits per heavy atom. The minimum atomic E-state index is -0.264. The molecule has 0 radical (unpaired) electrons. The first-order valence-electron chi connectivity index (χ1n) is 8.38. The minimum Gasteiger partial charge on any atom is -0.391 e. The molecule has 116 valence electrons. The average molecular weight is 283 g/mol. The largest absolute Gasteiger partial charge is 0.391 e. The van der Waals surface area contributed by atoms with Gasteiger partial charge in [0.05, 0.1) is 19.3 Å². The van der Waals surface area contributed by atoms with Crippen LogP contribution in [0.1, 0.15) is 57.8 Å². The zero-order chi connectivity index (χ0) is 14.0. The molecule has 0 aromatic carbocycles. The van der Waals surface area contributed by atoms with Gasteiger partial charge in [0.25, 0.3) is 0 Å². The zero-order valence-electron chi connectivity index (χ0n) is 12.7. The summed E-state index contributed by atoms with van der Waals surface area (Å²) in [6, 6.07) is 0.924. The highest BCUT2D eigenvalue weighted by Gasteiger charge is 2.42. The predicted molar refractivity (Wildman–Crippen MR) is 77.5 cm³/mol.